The zero-order chi connectivity index (χ0) is 19.7. The van der Waals surface area contributed by atoms with Crippen molar-refractivity contribution in [3.63, 3.8) is 0 Å². The number of methoxy groups -OCH3 is 1. The Morgan fingerprint density at radius 2 is 2.07 bits per heavy atom. The number of ether oxygens (including phenoxy) is 2. The molecule has 2 heterocycles. The molecule has 0 spiro atoms. The monoisotopic (exact) mass is 383 g/mol. The number of hydrogen-bond acceptors (Lipinski definition) is 6. The number of aliphatic hydroxyl groups is 1. The number of pyridine rings is 1. The first-order chi connectivity index (χ1) is 13.6. The number of para-hydroxylation sites is 1. The van der Waals surface area contributed by atoms with Crippen LogP contribution in [0, 0.1) is 11.8 Å². The molecule has 1 aromatic heterocycles. The van der Waals surface area contributed by atoms with Gasteiger partial charge in [-0.3, -0.25) is 15.1 Å². The molecule has 1 saturated heterocycles. The van der Waals surface area contributed by atoms with E-state index in [1.165, 1.54) is 0 Å². The van der Waals surface area contributed by atoms with E-state index in [0.29, 0.717) is 48.4 Å². The van der Waals surface area contributed by atoms with Gasteiger partial charge < -0.3 is 19.9 Å². The summed E-state index contributed by atoms with van der Waals surface area (Å²) in [5.41, 5.74) is 2.57. The number of aromatic nitrogens is 1. The number of amides is 1. The molecule has 2 fully saturated rings. The molecule has 1 aliphatic heterocycles. The van der Waals surface area contributed by atoms with E-state index in [9.17, 15) is 9.90 Å². The van der Waals surface area contributed by atoms with Crippen molar-refractivity contribution in [1.82, 2.24) is 15.6 Å². The van der Waals surface area contributed by atoms with Gasteiger partial charge in [0.05, 0.1) is 26.0 Å². The van der Waals surface area contributed by atoms with Crippen molar-refractivity contribution in [2.45, 2.75) is 18.7 Å². The van der Waals surface area contributed by atoms with Crippen LogP contribution in [0.25, 0.3) is 0 Å². The highest BCUT2D eigenvalue weighted by molar-refractivity contribution is 5.95. The van der Waals surface area contributed by atoms with Gasteiger partial charge in [0.25, 0.3) is 5.91 Å². The number of nitrogens with one attached hydrogen (secondary N) is 2. The molecule has 3 N–H and O–H groups in total. The van der Waals surface area contributed by atoms with Gasteiger partial charge in [-0.1, -0.05) is 18.2 Å². The van der Waals surface area contributed by atoms with Crippen LogP contribution in [0.15, 0.2) is 36.4 Å². The normalized spacial score (nSPS) is 23.8. The lowest BCUT2D eigenvalue weighted by molar-refractivity contribution is 0.0928. The minimum atomic E-state index is -0.946. The molecular weight excluding hydrogens is 358 g/mol. The highest BCUT2D eigenvalue weighted by Gasteiger charge is 2.54. The van der Waals surface area contributed by atoms with Crippen LogP contribution in [0.1, 0.15) is 33.5 Å². The smallest absolute Gasteiger partial charge is 0.251 e. The van der Waals surface area contributed by atoms with Crippen LogP contribution in [0.4, 0.5) is 0 Å². The second-order valence-electron chi connectivity index (χ2n) is 7.32. The minimum absolute atomic E-state index is 0.146. The van der Waals surface area contributed by atoms with E-state index in [4.69, 9.17) is 9.47 Å². The SMILES string of the molecule is CNC(O)c1cc(C(=O)N[C@H]2[C@@H]3COC[C@@H]32)cc(Cc2ccccc2OC)n1. The second kappa shape index (κ2) is 7.87. The number of carbonyl (C=O) groups is 1. The second-order valence-corrected chi connectivity index (χ2v) is 7.32. The third-order valence-electron chi connectivity index (χ3n) is 5.53. The molecule has 1 aromatic carbocycles. The van der Waals surface area contributed by atoms with Gasteiger partial charge in [-0.25, -0.2) is 0 Å². The maximum atomic E-state index is 12.8. The Labute approximate surface area is 164 Å². The Bertz CT molecular complexity index is 862. The number of nitrogens with zero attached hydrogens (tertiary/aromatic N) is 1. The van der Waals surface area contributed by atoms with Crippen molar-refractivity contribution in [3.05, 3.63) is 58.9 Å². The van der Waals surface area contributed by atoms with Crippen LogP contribution in [0.5, 0.6) is 5.75 Å². The Kier molecular flexibility index (Phi) is 5.30. The van der Waals surface area contributed by atoms with Crippen molar-refractivity contribution in [2.24, 2.45) is 11.8 Å². The third-order valence-corrected chi connectivity index (χ3v) is 5.53. The van der Waals surface area contributed by atoms with Crippen molar-refractivity contribution < 1.29 is 19.4 Å². The fourth-order valence-corrected chi connectivity index (χ4v) is 3.85. The zero-order valence-electron chi connectivity index (χ0n) is 16.0. The van der Waals surface area contributed by atoms with Crippen LogP contribution in [-0.2, 0) is 11.2 Å². The average molecular weight is 383 g/mol. The maximum absolute atomic E-state index is 12.8. The van der Waals surface area contributed by atoms with Crippen molar-refractivity contribution >= 4 is 5.91 Å². The molecule has 4 atom stereocenters. The fraction of sp³-hybridized carbons (Fsp3) is 0.429. The van der Waals surface area contributed by atoms with Crippen molar-refractivity contribution in [1.29, 1.82) is 0 Å². The predicted molar refractivity (Wildman–Crippen MR) is 103 cm³/mol. The Balaban J connectivity index is 1.58. The van der Waals surface area contributed by atoms with Crippen molar-refractivity contribution in [3.8, 4) is 5.75 Å². The van der Waals surface area contributed by atoms with Crippen LogP contribution in [0.2, 0.25) is 0 Å². The highest BCUT2D eigenvalue weighted by Crippen LogP contribution is 2.44. The van der Waals surface area contributed by atoms with Crippen molar-refractivity contribution in [2.75, 3.05) is 27.4 Å². The van der Waals surface area contributed by atoms with Crippen LogP contribution < -0.4 is 15.4 Å². The summed E-state index contributed by atoms with van der Waals surface area (Å²) in [6, 6.07) is 11.3. The number of benzene rings is 1. The summed E-state index contributed by atoms with van der Waals surface area (Å²) in [5.74, 6) is 1.48. The first-order valence-electron chi connectivity index (χ1n) is 9.47. The Morgan fingerprint density at radius 1 is 1.32 bits per heavy atom. The molecule has 7 heteroatoms. The Morgan fingerprint density at radius 3 is 2.79 bits per heavy atom. The maximum Gasteiger partial charge on any atom is 0.251 e. The lowest BCUT2D eigenvalue weighted by atomic mass is 10.1. The van der Waals surface area contributed by atoms with E-state index in [1.807, 2.05) is 24.3 Å². The van der Waals surface area contributed by atoms with Gasteiger partial charge in [0.2, 0.25) is 0 Å². The fourth-order valence-electron chi connectivity index (χ4n) is 3.85. The molecule has 4 rings (SSSR count). The number of rotatable bonds is 7. The lowest BCUT2D eigenvalue weighted by Gasteiger charge is -2.15. The number of aliphatic hydroxyl groups excluding tert-OH is 1. The number of carbonyl (C=O) groups excluding carboxylic acids is 1. The summed E-state index contributed by atoms with van der Waals surface area (Å²) in [4.78, 5) is 17.4. The first kappa shape index (κ1) is 18.9. The molecule has 0 radical (unpaired) electrons. The van der Waals surface area contributed by atoms with E-state index in [0.717, 1.165) is 11.3 Å². The summed E-state index contributed by atoms with van der Waals surface area (Å²) < 4.78 is 10.8. The zero-order valence-corrected chi connectivity index (χ0v) is 16.0. The van der Waals surface area contributed by atoms with Gasteiger partial charge in [-0.05, 0) is 25.2 Å². The van der Waals surface area contributed by atoms with E-state index >= 15 is 0 Å². The molecule has 0 bridgehead atoms. The van der Waals surface area contributed by atoms with Gasteiger partial charge in [0.15, 0.2) is 0 Å². The average Bonchev–Trinajstić information content (AvgIpc) is 3.13. The number of fused-ring (bicyclic) bond motifs is 1. The van der Waals surface area contributed by atoms with E-state index in [1.54, 1.807) is 26.3 Å². The summed E-state index contributed by atoms with van der Waals surface area (Å²) >= 11 is 0. The first-order valence-corrected chi connectivity index (χ1v) is 9.47. The Hall–Kier alpha value is -2.48. The van der Waals surface area contributed by atoms with Gasteiger partial charge in [0, 0.05) is 41.1 Å². The molecule has 1 saturated carbocycles. The predicted octanol–water partition coefficient (Wildman–Crippen LogP) is 1.27. The summed E-state index contributed by atoms with van der Waals surface area (Å²) in [5, 5.41) is 16.1. The quantitative estimate of drug-likeness (QED) is 0.624. The van der Waals surface area contributed by atoms with Crippen LogP contribution in [-0.4, -0.2) is 49.4 Å². The molecule has 2 aromatic rings. The van der Waals surface area contributed by atoms with Crippen LogP contribution >= 0.6 is 0 Å². The molecule has 28 heavy (non-hydrogen) atoms. The van der Waals surface area contributed by atoms with Gasteiger partial charge in [-0.2, -0.15) is 0 Å². The molecule has 2 aliphatic rings. The van der Waals surface area contributed by atoms with E-state index in [-0.39, 0.29) is 11.9 Å². The van der Waals surface area contributed by atoms with Gasteiger partial charge in [0.1, 0.15) is 12.0 Å². The summed E-state index contributed by atoms with van der Waals surface area (Å²) in [7, 11) is 3.27. The molecule has 148 valence electrons. The van der Waals surface area contributed by atoms with Gasteiger partial charge >= 0.3 is 0 Å². The molecule has 7 nitrogen and oxygen atoms in total. The number of hydrogen-bond donors (Lipinski definition) is 3. The topological polar surface area (TPSA) is 92.7 Å². The summed E-state index contributed by atoms with van der Waals surface area (Å²) in [6.45, 7) is 1.43. The minimum Gasteiger partial charge on any atom is -0.496 e. The van der Waals surface area contributed by atoms with E-state index in [2.05, 4.69) is 15.6 Å². The largest absolute Gasteiger partial charge is 0.496 e. The van der Waals surface area contributed by atoms with Crippen LogP contribution in [0.3, 0.4) is 0 Å². The molecular formula is C21H25N3O4. The third kappa shape index (κ3) is 3.73. The highest BCUT2D eigenvalue weighted by atomic mass is 16.5. The molecule has 1 amide bonds. The molecule has 1 aliphatic carbocycles. The standard InChI is InChI=1S/C21H25N3O4/c1-22-21(26)17-9-13(20(25)24-19-15-10-28-11-16(15)19)8-14(23-17)7-12-5-3-4-6-18(12)27-2/h3-6,8-9,15-16,19,21-22,26H,7,10-11H2,1-2H3,(H,24,25)/t15-,16+,19+,21?. The summed E-state index contributed by atoms with van der Waals surface area (Å²) in [6.07, 6.45) is -0.449. The molecule has 1 unspecified atom stereocenters. The lowest BCUT2D eigenvalue weighted by Crippen LogP contribution is -2.30. The van der Waals surface area contributed by atoms with Gasteiger partial charge in [-0.15, -0.1) is 0 Å². The van der Waals surface area contributed by atoms with E-state index < -0.39 is 6.23 Å².